The van der Waals surface area contributed by atoms with Crippen molar-refractivity contribution in [3.63, 3.8) is 0 Å². The topological polar surface area (TPSA) is 25.2 Å². The summed E-state index contributed by atoms with van der Waals surface area (Å²) in [5.41, 5.74) is 4.92. The second-order valence-electron chi connectivity index (χ2n) is 4.05. The lowest BCUT2D eigenvalue weighted by Crippen LogP contribution is -2.09. The molecule has 0 aliphatic carbocycles. The average Bonchev–Trinajstić information content (AvgIpc) is 2.59. The molecule has 2 aromatic rings. The van der Waals surface area contributed by atoms with Gasteiger partial charge in [-0.1, -0.05) is 0 Å². The standard InChI is InChI=1S/C13H17NO/c1-9-6-12-11(4-5-14-3)8-15-13(12)7-10(9)2/h6-8,14H,4-5H2,1-3H3. The minimum Gasteiger partial charge on any atom is -0.464 e. The van der Waals surface area contributed by atoms with Gasteiger partial charge in [0.05, 0.1) is 6.26 Å². The maximum Gasteiger partial charge on any atom is 0.134 e. The van der Waals surface area contributed by atoms with Crippen molar-refractivity contribution in [2.45, 2.75) is 20.3 Å². The van der Waals surface area contributed by atoms with E-state index in [0.29, 0.717) is 0 Å². The number of furan rings is 1. The van der Waals surface area contributed by atoms with Gasteiger partial charge in [0, 0.05) is 5.39 Å². The Morgan fingerprint density at radius 3 is 2.67 bits per heavy atom. The molecule has 1 heterocycles. The van der Waals surface area contributed by atoms with Crippen molar-refractivity contribution >= 4 is 11.0 Å². The average molecular weight is 203 g/mol. The molecule has 0 aliphatic rings. The third kappa shape index (κ3) is 1.90. The first-order valence-electron chi connectivity index (χ1n) is 5.34. The summed E-state index contributed by atoms with van der Waals surface area (Å²) in [5, 5.41) is 4.41. The molecular weight excluding hydrogens is 186 g/mol. The van der Waals surface area contributed by atoms with Crippen LogP contribution in [0.5, 0.6) is 0 Å². The molecule has 2 heteroatoms. The first kappa shape index (κ1) is 10.2. The van der Waals surface area contributed by atoms with Crippen molar-refractivity contribution < 1.29 is 4.42 Å². The van der Waals surface area contributed by atoms with Gasteiger partial charge in [0.2, 0.25) is 0 Å². The van der Waals surface area contributed by atoms with Crippen molar-refractivity contribution in [2.75, 3.05) is 13.6 Å². The number of aryl methyl sites for hydroxylation is 2. The van der Waals surface area contributed by atoms with Crippen LogP contribution in [-0.4, -0.2) is 13.6 Å². The van der Waals surface area contributed by atoms with Crippen LogP contribution in [0.15, 0.2) is 22.8 Å². The highest BCUT2D eigenvalue weighted by molar-refractivity contribution is 5.82. The predicted molar refractivity (Wildman–Crippen MR) is 63.3 cm³/mol. The second kappa shape index (κ2) is 4.07. The molecule has 0 amide bonds. The molecule has 0 saturated heterocycles. The van der Waals surface area contributed by atoms with Gasteiger partial charge in [-0.05, 0) is 62.7 Å². The SMILES string of the molecule is CNCCc1coc2cc(C)c(C)cc12. The maximum absolute atomic E-state index is 5.55. The second-order valence-corrected chi connectivity index (χ2v) is 4.05. The highest BCUT2D eigenvalue weighted by Crippen LogP contribution is 2.24. The van der Waals surface area contributed by atoms with Crippen LogP contribution in [0.1, 0.15) is 16.7 Å². The normalized spacial score (nSPS) is 11.1. The molecule has 80 valence electrons. The molecule has 0 fully saturated rings. The minimum atomic E-state index is 0.988. The molecule has 2 nitrogen and oxygen atoms in total. The van der Waals surface area contributed by atoms with Crippen molar-refractivity contribution in [3.8, 4) is 0 Å². The van der Waals surface area contributed by atoms with Crippen LogP contribution in [0.2, 0.25) is 0 Å². The smallest absolute Gasteiger partial charge is 0.134 e. The van der Waals surface area contributed by atoms with Crippen LogP contribution >= 0.6 is 0 Å². The van der Waals surface area contributed by atoms with E-state index < -0.39 is 0 Å². The number of fused-ring (bicyclic) bond motifs is 1. The zero-order valence-electron chi connectivity index (χ0n) is 9.55. The lowest BCUT2D eigenvalue weighted by Gasteiger charge is -2.01. The first-order chi connectivity index (χ1) is 7.22. The van der Waals surface area contributed by atoms with Gasteiger partial charge in [-0.3, -0.25) is 0 Å². The van der Waals surface area contributed by atoms with Gasteiger partial charge < -0.3 is 9.73 Å². The number of benzene rings is 1. The van der Waals surface area contributed by atoms with Gasteiger partial charge in [-0.15, -0.1) is 0 Å². The van der Waals surface area contributed by atoms with Crippen LogP contribution in [-0.2, 0) is 6.42 Å². The van der Waals surface area contributed by atoms with E-state index in [-0.39, 0.29) is 0 Å². The van der Waals surface area contributed by atoms with Gasteiger partial charge in [0.15, 0.2) is 0 Å². The monoisotopic (exact) mass is 203 g/mol. The highest BCUT2D eigenvalue weighted by atomic mass is 16.3. The predicted octanol–water partition coefficient (Wildman–Crippen LogP) is 2.81. The number of likely N-dealkylation sites (N-methyl/N-ethyl adjacent to an activating group) is 1. The Kier molecular flexibility index (Phi) is 2.78. The molecule has 0 aliphatic heterocycles. The Hall–Kier alpha value is -1.28. The number of hydrogen-bond acceptors (Lipinski definition) is 2. The highest BCUT2D eigenvalue weighted by Gasteiger charge is 2.06. The molecule has 0 bridgehead atoms. The van der Waals surface area contributed by atoms with Crippen LogP contribution < -0.4 is 5.32 Å². The van der Waals surface area contributed by atoms with E-state index in [1.807, 2.05) is 13.3 Å². The Labute approximate surface area is 90.3 Å². The fourth-order valence-electron chi connectivity index (χ4n) is 1.79. The number of nitrogens with one attached hydrogen (secondary N) is 1. The van der Waals surface area contributed by atoms with Gasteiger partial charge in [0.25, 0.3) is 0 Å². The summed E-state index contributed by atoms with van der Waals surface area (Å²) in [5.74, 6) is 0. The lowest BCUT2D eigenvalue weighted by molar-refractivity contribution is 0.608. The van der Waals surface area contributed by atoms with Gasteiger partial charge in [0.1, 0.15) is 5.58 Å². The summed E-state index contributed by atoms with van der Waals surface area (Å²) < 4.78 is 5.55. The lowest BCUT2D eigenvalue weighted by atomic mass is 10.0. The molecule has 1 N–H and O–H groups in total. The van der Waals surface area contributed by atoms with Crippen molar-refractivity contribution in [2.24, 2.45) is 0 Å². The van der Waals surface area contributed by atoms with E-state index in [4.69, 9.17) is 4.42 Å². The fraction of sp³-hybridized carbons (Fsp3) is 0.385. The van der Waals surface area contributed by atoms with E-state index in [1.165, 1.54) is 22.1 Å². The summed E-state index contributed by atoms with van der Waals surface area (Å²) in [7, 11) is 1.97. The Balaban J connectivity index is 2.45. The van der Waals surface area contributed by atoms with Crippen molar-refractivity contribution in [1.82, 2.24) is 5.32 Å². The zero-order chi connectivity index (χ0) is 10.8. The largest absolute Gasteiger partial charge is 0.464 e. The van der Waals surface area contributed by atoms with Crippen molar-refractivity contribution in [3.05, 3.63) is 35.1 Å². The number of rotatable bonds is 3. The van der Waals surface area contributed by atoms with E-state index in [0.717, 1.165) is 18.5 Å². The van der Waals surface area contributed by atoms with Gasteiger partial charge in [-0.25, -0.2) is 0 Å². The molecule has 0 unspecified atom stereocenters. The zero-order valence-corrected chi connectivity index (χ0v) is 9.55. The molecular formula is C13H17NO. The quantitative estimate of drug-likeness (QED) is 0.829. The van der Waals surface area contributed by atoms with E-state index in [9.17, 15) is 0 Å². The summed E-state index contributed by atoms with van der Waals surface area (Å²) in [6.07, 6.45) is 2.90. The Morgan fingerprint density at radius 2 is 1.93 bits per heavy atom. The third-order valence-electron chi connectivity index (χ3n) is 2.91. The molecule has 1 aromatic heterocycles. The van der Waals surface area contributed by atoms with E-state index >= 15 is 0 Å². The Bertz CT molecular complexity index is 471. The molecule has 15 heavy (non-hydrogen) atoms. The Morgan fingerprint density at radius 1 is 1.20 bits per heavy atom. The van der Waals surface area contributed by atoms with Crippen LogP contribution in [0.25, 0.3) is 11.0 Å². The first-order valence-corrected chi connectivity index (χ1v) is 5.34. The maximum atomic E-state index is 5.55. The number of hydrogen-bond donors (Lipinski definition) is 1. The molecule has 1 aromatic carbocycles. The van der Waals surface area contributed by atoms with Crippen molar-refractivity contribution in [1.29, 1.82) is 0 Å². The third-order valence-corrected chi connectivity index (χ3v) is 2.91. The fourth-order valence-corrected chi connectivity index (χ4v) is 1.79. The van der Waals surface area contributed by atoms with Crippen LogP contribution in [0.4, 0.5) is 0 Å². The molecule has 2 rings (SSSR count). The summed E-state index contributed by atoms with van der Waals surface area (Å²) in [6, 6.07) is 4.34. The summed E-state index contributed by atoms with van der Waals surface area (Å²) >= 11 is 0. The van der Waals surface area contributed by atoms with Gasteiger partial charge >= 0.3 is 0 Å². The molecule has 0 radical (unpaired) electrons. The van der Waals surface area contributed by atoms with Crippen LogP contribution in [0.3, 0.4) is 0 Å². The molecule has 0 saturated carbocycles. The molecule has 0 atom stereocenters. The summed E-state index contributed by atoms with van der Waals surface area (Å²) in [4.78, 5) is 0. The van der Waals surface area contributed by atoms with E-state index in [1.54, 1.807) is 0 Å². The van der Waals surface area contributed by atoms with Crippen LogP contribution in [0, 0.1) is 13.8 Å². The van der Waals surface area contributed by atoms with Gasteiger partial charge in [-0.2, -0.15) is 0 Å². The minimum absolute atomic E-state index is 0.988. The summed E-state index contributed by atoms with van der Waals surface area (Å²) in [6.45, 7) is 5.25. The van der Waals surface area contributed by atoms with E-state index in [2.05, 4.69) is 31.3 Å². The molecule has 0 spiro atoms.